The molecule has 2 rings (SSSR count). The standard InChI is InChI=1S/C16H21N3O3S/c1-12(18(2)10-13-6-4-3-5-7-13)15(21)17-8-9-19-14(20)11-23-16(19)22/h3-7,12H,8-11H2,1-2H3,(H,17,21)/t12-/m0/s1. The van der Waals surface area contributed by atoms with Gasteiger partial charge in [0.05, 0.1) is 11.8 Å². The normalized spacial score (nSPS) is 16.0. The zero-order valence-electron chi connectivity index (χ0n) is 13.3. The number of carbonyl (C=O) groups is 3. The molecule has 1 aromatic rings. The third kappa shape index (κ3) is 4.80. The second-order valence-electron chi connectivity index (χ2n) is 5.47. The minimum Gasteiger partial charge on any atom is -0.353 e. The van der Waals surface area contributed by atoms with E-state index in [0.717, 1.165) is 17.3 Å². The van der Waals surface area contributed by atoms with Crippen molar-refractivity contribution in [3.05, 3.63) is 35.9 Å². The van der Waals surface area contributed by atoms with Gasteiger partial charge in [-0.25, -0.2) is 0 Å². The molecule has 1 saturated heterocycles. The van der Waals surface area contributed by atoms with Gasteiger partial charge >= 0.3 is 0 Å². The Morgan fingerprint density at radius 2 is 2.04 bits per heavy atom. The second kappa shape index (κ2) is 8.12. The summed E-state index contributed by atoms with van der Waals surface area (Å²) in [6.45, 7) is 3.02. The van der Waals surface area contributed by atoms with Crippen molar-refractivity contribution in [2.24, 2.45) is 0 Å². The van der Waals surface area contributed by atoms with Crippen LogP contribution in [0.25, 0.3) is 0 Å². The van der Waals surface area contributed by atoms with E-state index in [4.69, 9.17) is 0 Å². The van der Waals surface area contributed by atoms with Crippen molar-refractivity contribution in [2.45, 2.75) is 19.5 Å². The van der Waals surface area contributed by atoms with E-state index in [1.54, 1.807) is 0 Å². The number of benzene rings is 1. The molecule has 3 amide bonds. The first-order valence-electron chi connectivity index (χ1n) is 7.48. The minimum absolute atomic E-state index is 0.116. The van der Waals surface area contributed by atoms with Crippen LogP contribution in [-0.2, 0) is 16.1 Å². The lowest BCUT2D eigenvalue weighted by atomic mass is 10.2. The SMILES string of the molecule is C[C@@H](C(=O)NCCN1C(=O)CSC1=O)N(C)Cc1ccccc1. The average molecular weight is 335 g/mol. The van der Waals surface area contributed by atoms with Crippen molar-refractivity contribution < 1.29 is 14.4 Å². The molecule has 124 valence electrons. The summed E-state index contributed by atoms with van der Waals surface area (Å²) in [6.07, 6.45) is 0. The number of nitrogens with zero attached hydrogens (tertiary/aromatic N) is 2. The molecule has 1 aromatic carbocycles. The van der Waals surface area contributed by atoms with Crippen LogP contribution in [-0.4, -0.2) is 58.8 Å². The largest absolute Gasteiger partial charge is 0.353 e. The van der Waals surface area contributed by atoms with Crippen LogP contribution in [0.1, 0.15) is 12.5 Å². The molecule has 0 saturated carbocycles. The molecule has 1 N–H and O–H groups in total. The first-order valence-corrected chi connectivity index (χ1v) is 8.46. The Bertz CT molecular complexity index is 563. The summed E-state index contributed by atoms with van der Waals surface area (Å²) in [5.74, 6) is -0.109. The zero-order chi connectivity index (χ0) is 16.8. The molecular formula is C16H21N3O3S. The lowest BCUT2D eigenvalue weighted by Gasteiger charge is -2.24. The molecule has 1 aliphatic rings. The highest BCUT2D eigenvalue weighted by atomic mass is 32.2. The predicted octanol–water partition coefficient (Wildman–Crippen LogP) is 1.32. The summed E-state index contributed by atoms with van der Waals surface area (Å²) >= 11 is 1.00. The number of thioether (sulfide) groups is 1. The van der Waals surface area contributed by atoms with Gasteiger partial charge in [-0.2, -0.15) is 0 Å². The fourth-order valence-corrected chi connectivity index (χ4v) is 3.00. The number of nitrogens with one attached hydrogen (secondary N) is 1. The summed E-state index contributed by atoms with van der Waals surface area (Å²) in [7, 11) is 1.89. The Morgan fingerprint density at radius 3 is 2.65 bits per heavy atom. The molecule has 6 nitrogen and oxygen atoms in total. The smallest absolute Gasteiger partial charge is 0.288 e. The highest BCUT2D eigenvalue weighted by molar-refractivity contribution is 8.14. The van der Waals surface area contributed by atoms with Crippen molar-refractivity contribution in [3.8, 4) is 0 Å². The van der Waals surface area contributed by atoms with Crippen LogP contribution >= 0.6 is 11.8 Å². The molecule has 0 aliphatic carbocycles. The maximum absolute atomic E-state index is 12.2. The van der Waals surface area contributed by atoms with Crippen LogP contribution in [0.4, 0.5) is 4.79 Å². The van der Waals surface area contributed by atoms with E-state index in [1.165, 1.54) is 4.90 Å². The van der Waals surface area contributed by atoms with Crippen molar-refractivity contribution in [3.63, 3.8) is 0 Å². The molecule has 0 aromatic heterocycles. The lowest BCUT2D eigenvalue weighted by molar-refractivity contribution is -0.127. The van der Waals surface area contributed by atoms with Crippen molar-refractivity contribution in [2.75, 3.05) is 25.9 Å². The summed E-state index contributed by atoms with van der Waals surface area (Å²) in [6, 6.07) is 9.63. The average Bonchev–Trinajstić information content (AvgIpc) is 2.86. The van der Waals surface area contributed by atoms with Gasteiger partial charge in [0, 0.05) is 19.6 Å². The lowest BCUT2D eigenvalue weighted by Crippen LogP contribution is -2.45. The quantitative estimate of drug-likeness (QED) is 0.814. The maximum Gasteiger partial charge on any atom is 0.288 e. The van der Waals surface area contributed by atoms with Crippen LogP contribution in [0.2, 0.25) is 0 Å². The van der Waals surface area contributed by atoms with E-state index in [-0.39, 0.29) is 41.9 Å². The fraction of sp³-hybridized carbons (Fsp3) is 0.438. The van der Waals surface area contributed by atoms with E-state index < -0.39 is 0 Å². The maximum atomic E-state index is 12.2. The Balaban J connectivity index is 1.76. The van der Waals surface area contributed by atoms with Gasteiger partial charge in [-0.15, -0.1) is 0 Å². The Hall–Kier alpha value is -1.86. The van der Waals surface area contributed by atoms with Gasteiger partial charge in [0.2, 0.25) is 11.8 Å². The number of imide groups is 1. The molecule has 23 heavy (non-hydrogen) atoms. The Kier molecular flexibility index (Phi) is 6.18. The molecule has 0 unspecified atom stereocenters. The number of amides is 3. The van der Waals surface area contributed by atoms with Crippen LogP contribution < -0.4 is 5.32 Å². The highest BCUT2D eigenvalue weighted by Gasteiger charge is 2.29. The molecule has 1 aliphatic heterocycles. The minimum atomic E-state index is -0.297. The summed E-state index contributed by atoms with van der Waals surface area (Å²) in [5.41, 5.74) is 1.14. The Morgan fingerprint density at radius 1 is 1.35 bits per heavy atom. The van der Waals surface area contributed by atoms with Crippen molar-refractivity contribution in [1.29, 1.82) is 0 Å². The Labute approximate surface area is 140 Å². The second-order valence-corrected chi connectivity index (χ2v) is 6.39. The van der Waals surface area contributed by atoms with Gasteiger partial charge in [0.25, 0.3) is 5.24 Å². The van der Waals surface area contributed by atoms with Gasteiger partial charge in [0.1, 0.15) is 0 Å². The van der Waals surface area contributed by atoms with Gasteiger partial charge in [-0.1, -0.05) is 42.1 Å². The van der Waals surface area contributed by atoms with E-state index in [0.29, 0.717) is 6.54 Å². The number of hydrogen-bond acceptors (Lipinski definition) is 5. The van der Waals surface area contributed by atoms with Crippen LogP contribution in [0.5, 0.6) is 0 Å². The number of hydrogen-bond donors (Lipinski definition) is 1. The molecule has 1 fully saturated rings. The summed E-state index contributed by atoms with van der Waals surface area (Å²) in [4.78, 5) is 38.2. The van der Waals surface area contributed by atoms with Crippen molar-refractivity contribution in [1.82, 2.24) is 15.1 Å². The summed E-state index contributed by atoms with van der Waals surface area (Å²) < 4.78 is 0. The van der Waals surface area contributed by atoms with Gasteiger partial charge in [-0.05, 0) is 19.5 Å². The van der Waals surface area contributed by atoms with E-state index in [2.05, 4.69) is 5.32 Å². The van der Waals surface area contributed by atoms with Crippen LogP contribution in [0.3, 0.4) is 0 Å². The van der Waals surface area contributed by atoms with Gasteiger partial charge < -0.3 is 5.32 Å². The third-order valence-electron chi connectivity index (χ3n) is 3.79. The third-order valence-corrected chi connectivity index (χ3v) is 4.65. The monoisotopic (exact) mass is 335 g/mol. The molecule has 0 bridgehead atoms. The van der Waals surface area contributed by atoms with E-state index in [9.17, 15) is 14.4 Å². The number of likely N-dealkylation sites (N-methyl/N-ethyl adjacent to an activating group) is 1. The number of rotatable bonds is 7. The molecule has 1 heterocycles. The van der Waals surface area contributed by atoms with Gasteiger partial charge in [-0.3, -0.25) is 24.2 Å². The van der Waals surface area contributed by atoms with Crippen LogP contribution in [0, 0.1) is 0 Å². The van der Waals surface area contributed by atoms with E-state index in [1.807, 2.05) is 49.2 Å². The zero-order valence-corrected chi connectivity index (χ0v) is 14.1. The van der Waals surface area contributed by atoms with Crippen LogP contribution in [0.15, 0.2) is 30.3 Å². The predicted molar refractivity (Wildman–Crippen MR) is 89.9 cm³/mol. The van der Waals surface area contributed by atoms with Gasteiger partial charge in [0.15, 0.2) is 0 Å². The highest BCUT2D eigenvalue weighted by Crippen LogP contribution is 2.17. The van der Waals surface area contributed by atoms with Crippen molar-refractivity contribution >= 4 is 28.8 Å². The first kappa shape index (κ1) is 17.5. The first-order chi connectivity index (χ1) is 11.0. The molecule has 1 atom stereocenters. The number of carbonyl (C=O) groups excluding carboxylic acids is 3. The molecule has 7 heteroatoms. The molecule has 0 radical (unpaired) electrons. The fourth-order valence-electron chi connectivity index (χ4n) is 2.24. The molecule has 0 spiro atoms. The topological polar surface area (TPSA) is 69.7 Å². The van der Waals surface area contributed by atoms with E-state index >= 15 is 0 Å². The molecular weight excluding hydrogens is 314 g/mol. The summed E-state index contributed by atoms with van der Waals surface area (Å²) in [5, 5.41) is 2.54.